The van der Waals surface area contributed by atoms with Crippen LogP contribution in [0.3, 0.4) is 0 Å². The van der Waals surface area contributed by atoms with Crippen LogP contribution in [0, 0.1) is 5.82 Å². The molecule has 3 aromatic rings. The lowest BCUT2D eigenvalue weighted by Gasteiger charge is -2.35. The van der Waals surface area contributed by atoms with Gasteiger partial charge < -0.3 is 25.6 Å². The average Bonchev–Trinajstić information content (AvgIpc) is 2.73. The van der Waals surface area contributed by atoms with Crippen LogP contribution in [0.5, 0.6) is 5.75 Å². The van der Waals surface area contributed by atoms with Crippen LogP contribution in [-0.4, -0.2) is 55.6 Å². The summed E-state index contributed by atoms with van der Waals surface area (Å²) in [6.07, 6.45) is 1.42. The van der Waals surface area contributed by atoms with Crippen LogP contribution in [-0.2, 0) is 0 Å². The molecule has 0 spiro atoms. The van der Waals surface area contributed by atoms with Gasteiger partial charge in [-0.3, -0.25) is 9.78 Å². The molecular weight excluding hydrogens is 433 g/mol. The van der Waals surface area contributed by atoms with E-state index in [1.165, 1.54) is 18.3 Å². The minimum atomic E-state index is -0.639. The van der Waals surface area contributed by atoms with Gasteiger partial charge >= 0.3 is 0 Å². The summed E-state index contributed by atoms with van der Waals surface area (Å²) in [6, 6.07) is 7.91. The topological polar surface area (TPSA) is 83.7 Å². The lowest BCUT2D eigenvalue weighted by molar-refractivity contribution is 0.100. The van der Waals surface area contributed by atoms with E-state index in [0.29, 0.717) is 28.9 Å². The van der Waals surface area contributed by atoms with Gasteiger partial charge in [-0.2, -0.15) is 0 Å². The van der Waals surface area contributed by atoms with Crippen molar-refractivity contribution in [2.45, 2.75) is 6.92 Å². The highest BCUT2D eigenvalue weighted by atomic mass is 35.5. The molecule has 0 radical (unpaired) electrons. The molecular formula is C23H25ClFN5O2. The first-order valence-corrected chi connectivity index (χ1v) is 10.8. The van der Waals surface area contributed by atoms with Gasteiger partial charge in [0.1, 0.15) is 11.6 Å². The standard InChI is InChI=1S/C23H25ClFN5O2/c1-3-32-21-12-19-17(11-20(21)30-6-4-29(2)5-7-30)22(18(13-27-19)23(26)31)28-16-9-14(24)8-15(25)10-16/h8-13H,3-7H2,1-2H3,(H2,26,31)(H,27,28). The van der Waals surface area contributed by atoms with Crippen LogP contribution in [0.15, 0.2) is 36.5 Å². The number of piperazine rings is 1. The van der Waals surface area contributed by atoms with Crippen LogP contribution >= 0.6 is 11.6 Å². The number of carbonyl (C=O) groups excluding carboxylic acids is 1. The third-order valence-electron chi connectivity index (χ3n) is 5.49. The Balaban J connectivity index is 1.88. The molecule has 32 heavy (non-hydrogen) atoms. The largest absolute Gasteiger partial charge is 0.492 e. The lowest BCUT2D eigenvalue weighted by Crippen LogP contribution is -2.44. The van der Waals surface area contributed by atoms with E-state index in [4.69, 9.17) is 22.1 Å². The summed E-state index contributed by atoms with van der Waals surface area (Å²) in [5.74, 6) is -0.404. The number of fused-ring (bicyclic) bond motifs is 1. The van der Waals surface area contributed by atoms with E-state index in [1.807, 2.05) is 19.1 Å². The maximum atomic E-state index is 13.9. The molecule has 0 unspecified atom stereocenters. The second-order valence-electron chi connectivity index (χ2n) is 7.75. The fourth-order valence-corrected chi connectivity index (χ4v) is 4.09. The fraction of sp³-hybridized carbons (Fsp3) is 0.304. The summed E-state index contributed by atoms with van der Waals surface area (Å²) < 4.78 is 19.8. The van der Waals surface area contributed by atoms with Gasteiger partial charge in [-0.05, 0) is 38.2 Å². The van der Waals surface area contributed by atoms with E-state index in [0.717, 1.165) is 37.6 Å². The van der Waals surface area contributed by atoms with E-state index in [2.05, 4.69) is 27.1 Å². The molecule has 9 heteroatoms. The molecule has 0 bridgehead atoms. The zero-order valence-electron chi connectivity index (χ0n) is 18.0. The second-order valence-corrected chi connectivity index (χ2v) is 8.19. The van der Waals surface area contributed by atoms with Gasteiger partial charge in [-0.25, -0.2) is 4.39 Å². The van der Waals surface area contributed by atoms with E-state index >= 15 is 0 Å². The van der Waals surface area contributed by atoms with Crippen LogP contribution in [0.4, 0.5) is 21.5 Å². The van der Waals surface area contributed by atoms with E-state index in [9.17, 15) is 9.18 Å². The van der Waals surface area contributed by atoms with Crippen LogP contribution in [0.2, 0.25) is 5.02 Å². The van der Waals surface area contributed by atoms with Gasteiger partial charge in [-0.1, -0.05) is 11.6 Å². The molecule has 168 valence electrons. The van der Waals surface area contributed by atoms with Crippen LogP contribution in [0.1, 0.15) is 17.3 Å². The van der Waals surface area contributed by atoms with Gasteiger partial charge in [0.2, 0.25) is 0 Å². The first-order chi connectivity index (χ1) is 15.4. The maximum absolute atomic E-state index is 13.9. The summed E-state index contributed by atoms with van der Waals surface area (Å²) in [5, 5.41) is 4.05. The van der Waals surface area contributed by atoms with Gasteiger partial charge in [0, 0.05) is 54.5 Å². The number of nitrogens with one attached hydrogen (secondary N) is 1. The molecule has 0 aliphatic carbocycles. The number of nitrogens with zero attached hydrogens (tertiary/aromatic N) is 3. The summed E-state index contributed by atoms with van der Waals surface area (Å²) >= 11 is 6.02. The number of primary amides is 1. The fourth-order valence-electron chi connectivity index (χ4n) is 3.87. The Morgan fingerprint density at radius 1 is 1.22 bits per heavy atom. The Morgan fingerprint density at radius 2 is 1.97 bits per heavy atom. The summed E-state index contributed by atoms with van der Waals surface area (Å²) in [4.78, 5) is 21.1. The molecule has 3 N–H and O–H groups in total. The highest BCUT2D eigenvalue weighted by Gasteiger charge is 2.22. The molecule has 1 aromatic heterocycles. The Bertz CT molecular complexity index is 1140. The Kier molecular flexibility index (Phi) is 6.34. The quantitative estimate of drug-likeness (QED) is 0.581. The van der Waals surface area contributed by atoms with Crippen LogP contribution < -0.4 is 20.7 Å². The van der Waals surface area contributed by atoms with Crippen molar-refractivity contribution in [3.8, 4) is 5.75 Å². The van der Waals surface area contributed by atoms with Crippen molar-refractivity contribution < 1.29 is 13.9 Å². The summed E-state index contributed by atoms with van der Waals surface area (Å²) in [5.41, 5.74) is 8.22. The Hall–Kier alpha value is -3.10. The highest BCUT2D eigenvalue weighted by Crippen LogP contribution is 2.38. The molecule has 1 saturated heterocycles. The molecule has 4 rings (SSSR count). The van der Waals surface area contributed by atoms with Crippen LogP contribution in [0.25, 0.3) is 10.9 Å². The molecule has 2 aromatic carbocycles. The summed E-state index contributed by atoms with van der Waals surface area (Å²) in [7, 11) is 2.09. The minimum Gasteiger partial charge on any atom is -0.492 e. The third-order valence-corrected chi connectivity index (χ3v) is 5.71. The Morgan fingerprint density at radius 3 is 2.62 bits per heavy atom. The smallest absolute Gasteiger partial charge is 0.252 e. The molecule has 0 atom stereocenters. The molecule has 1 amide bonds. The van der Waals surface area contributed by atoms with Crippen molar-refractivity contribution in [2.75, 3.05) is 50.1 Å². The number of halogens is 2. The van der Waals surface area contributed by atoms with Gasteiger partial charge in [0.15, 0.2) is 0 Å². The minimum absolute atomic E-state index is 0.200. The van der Waals surface area contributed by atoms with E-state index < -0.39 is 11.7 Å². The van der Waals surface area contributed by atoms with E-state index in [-0.39, 0.29) is 10.6 Å². The third kappa shape index (κ3) is 4.56. The monoisotopic (exact) mass is 457 g/mol. The normalized spacial score (nSPS) is 14.6. The zero-order chi connectivity index (χ0) is 22.8. The Labute approximate surface area is 190 Å². The number of aromatic nitrogens is 1. The van der Waals surface area contributed by atoms with Crippen molar-refractivity contribution in [2.24, 2.45) is 5.73 Å². The molecule has 1 aliphatic rings. The van der Waals surface area contributed by atoms with Crippen molar-refractivity contribution >= 4 is 45.5 Å². The second kappa shape index (κ2) is 9.18. The number of carbonyl (C=O) groups is 1. The van der Waals surface area contributed by atoms with Crippen molar-refractivity contribution in [1.29, 1.82) is 0 Å². The first kappa shape index (κ1) is 22.1. The number of anilines is 3. The molecule has 2 heterocycles. The van der Waals surface area contributed by atoms with E-state index in [1.54, 1.807) is 6.07 Å². The number of ether oxygens (including phenoxy) is 1. The summed E-state index contributed by atoms with van der Waals surface area (Å²) in [6.45, 7) is 5.98. The van der Waals surface area contributed by atoms with Gasteiger partial charge in [0.05, 0.1) is 29.1 Å². The number of pyridine rings is 1. The van der Waals surface area contributed by atoms with Crippen molar-refractivity contribution in [3.63, 3.8) is 0 Å². The number of hydrogen-bond acceptors (Lipinski definition) is 6. The predicted octanol–water partition coefficient (Wildman–Crippen LogP) is 4.02. The molecule has 1 fully saturated rings. The maximum Gasteiger partial charge on any atom is 0.252 e. The predicted molar refractivity (Wildman–Crippen MR) is 126 cm³/mol. The van der Waals surface area contributed by atoms with Gasteiger partial charge in [-0.15, -0.1) is 0 Å². The number of likely N-dealkylation sites (N-methyl/N-ethyl adjacent to an activating group) is 1. The molecule has 1 aliphatic heterocycles. The number of hydrogen-bond donors (Lipinski definition) is 2. The molecule has 7 nitrogen and oxygen atoms in total. The number of rotatable bonds is 6. The number of amides is 1. The highest BCUT2D eigenvalue weighted by molar-refractivity contribution is 6.30. The van der Waals surface area contributed by atoms with Crippen molar-refractivity contribution in [3.05, 3.63) is 52.9 Å². The average molecular weight is 458 g/mol. The molecule has 0 saturated carbocycles. The lowest BCUT2D eigenvalue weighted by atomic mass is 10.1. The number of nitrogens with two attached hydrogens (primary N) is 1. The number of benzene rings is 2. The SMILES string of the molecule is CCOc1cc2ncc(C(N)=O)c(Nc3cc(F)cc(Cl)c3)c2cc1N1CCN(C)CC1. The van der Waals surface area contributed by atoms with Crippen molar-refractivity contribution in [1.82, 2.24) is 9.88 Å². The zero-order valence-corrected chi connectivity index (χ0v) is 18.7. The first-order valence-electron chi connectivity index (χ1n) is 10.4. The van der Waals surface area contributed by atoms with Gasteiger partial charge in [0.25, 0.3) is 5.91 Å².